The second-order valence-electron chi connectivity index (χ2n) is 7.72. The van der Waals surface area contributed by atoms with Crippen LogP contribution in [0.5, 0.6) is 0 Å². The van der Waals surface area contributed by atoms with Gasteiger partial charge in [-0.05, 0) is 30.7 Å². The number of amides is 1. The first kappa shape index (κ1) is 24.8. The highest BCUT2D eigenvalue weighted by molar-refractivity contribution is 6.10. The number of carbonyl (C=O) groups is 2. The molecule has 0 aliphatic carbocycles. The summed E-state index contributed by atoms with van der Waals surface area (Å²) in [6.45, 7) is 3.00. The molecule has 1 amide bonds. The topological polar surface area (TPSA) is 81.8 Å². The van der Waals surface area contributed by atoms with Crippen LogP contribution in [0.3, 0.4) is 0 Å². The van der Waals surface area contributed by atoms with Crippen LogP contribution in [-0.2, 0) is 11.0 Å². The minimum Gasteiger partial charge on any atom is -0.358 e. The number of carbonyl (C=O) groups excluding carboxylic acids is 2. The van der Waals surface area contributed by atoms with E-state index < -0.39 is 17.5 Å². The van der Waals surface area contributed by atoms with Crippen LogP contribution in [0.25, 0.3) is 22.6 Å². The highest BCUT2D eigenvalue weighted by Crippen LogP contribution is 2.33. The first-order chi connectivity index (χ1) is 16.2. The third-order valence-electron chi connectivity index (χ3n) is 5.11. The summed E-state index contributed by atoms with van der Waals surface area (Å²) in [7, 11) is 1.79. The molecule has 9 heteroatoms. The van der Waals surface area contributed by atoms with Gasteiger partial charge in [0.2, 0.25) is 6.41 Å². The van der Waals surface area contributed by atoms with E-state index in [1.54, 1.807) is 11.9 Å². The van der Waals surface area contributed by atoms with Crippen molar-refractivity contribution < 1.29 is 22.8 Å². The van der Waals surface area contributed by atoms with Crippen molar-refractivity contribution in [3.63, 3.8) is 0 Å². The normalized spacial score (nSPS) is 11.1. The monoisotopic (exact) mass is 470 g/mol. The molecule has 0 aliphatic rings. The molecule has 0 radical (unpaired) electrons. The molecule has 0 unspecified atom stereocenters. The number of rotatable bonds is 7. The zero-order valence-electron chi connectivity index (χ0n) is 18.8. The van der Waals surface area contributed by atoms with Crippen LogP contribution in [0.4, 0.5) is 13.2 Å². The number of aromatic nitrogens is 3. The van der Waals surface area contributed by atoms with Gasteiger partial charge in [0.05, 0.1) is 22.3 Å². The Balaban J connectivity index is 0.000000350. The Bertz CT molecular complexity index is 1230. The molecule has 2 aromatic carbocycles. The lowest BCUT2D eigenvalue weighted by molar-refractivity contribution is -0.137. The fourth-order valence-electron chi connectivity index (χ4n) is 3.29. The lowest BCUT2D eigenvalue weighted by Gasteiger charge is -2.10. The molecule has 0 spiro atoms. The first-order valence-corrected chi connectivity index (χ1v) is 10.7. The number of benzene rings is 2. The van der Waals surface area contributed by atoms with E-state index in [2.05, 4.69) is 21.9 Å². The number of halogens is 3. The molecule has 34 heavy (non-hydrogen) atoms. The van der Waals surface area contributed by atoms with Crippen LogP contribution in [0.1, 0.15) is 41.3 Å². The van der Waals surface area contributed by atoms with E-state index in [1.165, 1.54) is 30.5 Å². The number of nitrogens with one attached hydrogen (secondary N) is 2. The van der Waals surface area contributed by atoms with E-state index in [-0.39, 0.29) is 11.1 Å². The maximum atomic E-state index is 13.1. The predicted molar refractivity (Wildman–Crippen MR) is 124 cm³/mol. The number of nitrogens with zero attached hydrogens (tertiary/aromatic N) is 2. The third-order valence-corrected chi connectivity index (χ3v) is 5.11. The number of H-pyrrole nitrogens is 2. The average Bonchev–Trinajstić information content (AvgIpc) is 3.49. The van der Waals surface area contributed by atoms with Crippen molar-refractivity contribution in [3.8, 4) is 11.5 Å². The molecule has 0 atom stereocenters. The molecule has 0 saturated heterocycles. The standard InChI is InChI=1S/C19H12F3N3O.C6H13NO/c20-19(21,22)13-6-2-1-5-12(13)17(26)11-9-16(23-10-11)18-24-14-7-3-4-8-15(14)25-18;1-3-4-5-7(2)6-8/h1-10,23H,(H,24,25);6H,3-5H2,1-2H3. The Hall–Kier alpha value is -3.88. The van der Waals surface area contributed by atoms with Crippen molar-refractivity contribution >= 4 is 23.2 Å². The van der Waals surface area contributed by atoms with Gasteiger partial charge in [-0.15, -0.1) is 0 Å². The second-order valence-corrected chi connectivity index (χ2v) is 7.72. The number of imidazole rings is 1. The van der Waals surface area contributed by atoms with Crippen molar-refractivity contribution in [1.82, 2.24) is 19.9 Å². The number of para-hydroxylation sites is 2. The minimum absolute atomic E-state index is 0.136. The summed E-state index contributed by atoms with van der Waals surface area (Å²) in [4.78, 5) is 34.6. The lowest BCUT2D eigenvalue weighted by atomic mass is 9.99. The summed E-state index contributed by atoms with van der Waals surface area (Å²) >= 11 is 0. The molecular formula is C25H25F3N4O2. The van der Waals surface area contributed by atoms with Crippen molar-refractivity contribution in [2.75, 3.05) is 13.6 Å². The Morgan fingerprint density at radius 1 is 1.12 bits per heavy atom. The van der Waals surface area contributed by atoms with Crippen LogP contribution < -0.4 is 0 Å². The summed E-state index contributed by atoms with van der Waals surface area (Å²) in [5, 5.41) is 0. The van der Waals surface area contributed by atoms with E-state index in [0.29, 0.717) is 11.5 Å². The molecule has 0 fully saturated rings. The van der Waals surface area contributed by atoms with E-state index in [1.807, 2.05) is 24.3 Å². The molecule has 2 N–H and O–H groups in total. The molecule has 0 saturated carbocycles. The Labute approximate surface area is 194 Å². The second kappa shape index (κ2) is 10.8. The average molecular weight is 470 g/mol. The van der Waals surface area contributed by atoms with Crippen LogP contribution in [-0.4, -0.2) is 45.6 Å². The van der Waals surface area contributed by atoms with Crippen LogP contribution in [0, 0.1) is 0 Å². The molecule has 0 aliphatic heterocycles. The van der Waals surface area contributed by atoms with E-state index in [4.69, 9.17) is 0 Å². The van der Waals surface area contributed by atoms with Gasteiger partial charge >= 0.3 is 6.18 Å². The molecule has 178 valence electrons. The van der Waals surface area contributed by atoms with Gasteiger partial charge in [0, 0.05) is 30.9 Å². The zero-order chi connectivity index (χ0) is 24.7. The van der Waals surface area contributed by atoms with Crippen molar-refractivity contribution in [2.45, 2.75) is 25.9 Å². The van der Waals surface area contributed by atoms with Gasteiger partial charge in [-0.25, -0.2) is 4.98 Å². The van der Waals surface area contributed by atoms with Gasteiger partial charge in [-0.2, -0.15) is 13.2 Å². The van der Waals surface area contributed by atoms with Crippen molar-refractivity contribution in [2.24, 2.45) is 0 Å². The molecule has 2 heterocycles. The number of ketones is 1. The maximum Gasteiger partial charge on any atom is 0.417 e. The Kier molecular flexibility index (Phi) is 7.88. The van der Waals surface area contributed by atoms with E-state index in [0.717, 1.165) is 42.9 Å². The number of fused-ring (bicyclic) bond motifs is 1. The summed E-state index contributed by atoms with van der Waals surface area (Å²) in [5.74, 6) is -0.189. The number of unbranched alkanes of at least 4 members (excludes halogenated alkanes) is 1. The highest BCUT2D eigenvalue weighted by atomic mass is 19.4. The third kappa shape index (κ3) is 5.92. The number of alkyl halides is 3. The minimum atomic E-state index is -4.59. The van der Waals surface area contributed by atoms with Gasteiger partial charge in [-0.1, -0.05) is 43.7 Å². The highest BCUT2D eigenvalue weighted by Gasteiger charge is 2.35. The summed E-state index contributed by atoms with van der Waals surface area (Å²) < 4.78 is 39.4. The molecule has 4 aromatic rings. The molecule has 2 aromatic heterocycles. The fraction of sp³-hybridized carbons (Fsp3) is 0.240. The maximum absolute atomic E-state index is 13.1. The van der Waals surface area contributed by atoms with Gasteiger partial charge in [0.25, 0.3) is 0 Å². The quantitative estimate of drug-likeness (QED) is 0.269. The molecule has 4 rings (SSSR count). The number of hydrogen-bond acceptors (Lipinski definition) is 3. The van der Waals surface area contributed by atoms with Crippen molar-refractivity contribution in [1.29, 1.82) is 0 Å². The molecule has 6 nitrogen and oxygen atoms in total. The summed E-state index contributed by atoms with van der Waals surface area (Å²) in [5.41, 5.74) is 0.914. The zero-order valence-corrected chi connectivity index (χ0v) is 18.8. The van der Waals surface area contributed by atoms with E-state index in [9.17, 15) is 22.8 Å². The first-order valence-electron chi connectivity index (χ1n) is 10.7. The lowest BCUT2D eigenvalue weighted by Crippen LogP contribution is -2.16. The van der Waals surface area contributed by atoms with E-state index >= 15 is 0 Å². The SMILES string of the molecule is CCCCN(C)C=O.O=C(c1c[nH]c(-c2nc3ccccc3[nH]2)c1)c1ccccc1C(F)(F)F. The van der Waals surface area contributed by atoms with Gasteiger partial charge in [-0.3, -0.25) is 9.59 Å². The van der Waals surface area contributed by atoms with Gasteiger partial charge < -0.3 is 14.9 Å². The van der Waals surface area contributed by atoms with Gasteiger partial charge in [0.15, 0.2) is 11.6 Å². The molecular weight excluding hydrogens is 445 g/mol. The molecule has 0 bridgehead atoms. The Morgan fingerprint density at radius 2 is 1.82 bits per heavy atom. The number of hydrogen-bond donors (Lipinski definition) is 2. The predicted octanol–water partition coefficient (Wildman–Crippen LogP) is 5.68. The number of aromatic amines is 2. The smallest absolute Gasteiger partial charge is 0.358 e. The van der Waals surface area contributed by atoms with Crippen LogP contribution in [0.15, 0.2) is 60.8 Å². The summed E-state index contributed by atoms with van der Waals surface area (Å²) in [6, 6.07) is 13.7. The van der Waals surface area contributed by atoms with Crippen molar-refractivity contribution in [3.05, 3.63) is 77.5 Å². The fourth-order valence-corrected chi connectivity index (χ4v) is 3.29. The summed E-state index contributed by atoms with van der Waals surface area (Å²) in [6.07, 6.45) is -0.0921. The van der Waals surface area contributed by atoms with Crippen LogP contribution in [0.2, 0.25) is 0 Å². The largest absolute Gasteiger partial charge is 0.417 e. The Morgan fingerprint density at radius 3 is 2.50 bits per heavy atom. The van der Waals surface area contributed by atoms with Crippen LogP contribution >= 0.6 is 0 Å². The van der Waals surface area contributed by atoms with Gasteiger partial charge in [0.1, 0.15) is 0 Å².